The highest BCUT2D eigenvalue weighted by Crippen LogP contribution is 2.22. The normalized spacial score (nSPS) is 11.8. The van der Waals surface area contributed by atoms with Gasteiger partial charge in [0.2, 0.25) is 11.8 Å². The van der Waals surface area contributed by atoms with Gasteiger partial charge in [-0.25, -0.2) is 0 Å². The Kier molecular flexibility index (Phi) is 9.40. The van der Waals surface area contributed by atoms with E-state index in [0.717, 1.165) is 16.0 Å². The van der Waals surface area contributed by atoms with Gasteiger partial charge in [-0.15, -0.1) is 11.8 Å². The smallest absolute Gasteiger partial charge is 0.243 e. The van der Waals surface area contributed by atoms with Gasteiger partial charge in [0, 0.05) is 28.9 Å². The molecule has 0 aliphatic carbocycles. The lowest BCUT2D eigenvalue weighted by Crippen LogP contribution is -2.52. The summed E-state index contributed by atoms with van der Waals surface area (Å²) in [4.78, 5) is 29.5. The Labute approximate surface area is 205 Å². The number of nitrogens with zero attached hydrogens (tertiary/aromatic N) is 1. The number of carbonyl (C=O) groups excluding carboxylic acids is 2. The van der Waals surface area contributed by atoms with Crippen LogP contribution in [0.2, 0.25) is 5.02 Å². The number of thioether (sulfide) groups is 1. The van der Waals surface area contributed by atoms with Crippen molar-refractivity contribution in [2.24, 2.45) is 0 Å². The second kappa shape index (κ2) is 12.5. The zero-order valence-electron chi connectivity index (χ0n) is 18.9. The fourth-order valence-electron chi connectivity index (χ4n) is 3.51. The van der Waals surface area contributed by atoms with Gasteiger partial charge < -0.3 is 10.2 Å². The summed E-state index contributed by atoms with van der Waals surface area (Å²) in [5.74, 6) is -0.0113. The highest BCUT2D eigenvalue weighted by Gasteiger charge is 2.30. The van der Waals surface area contributed by atoms with Crippen LogP contribution in [0, 0.1) is 0 Å². The second-order valence-corrected chi connectivity index (χ2v) is 9.61. The van der Waals surface area contributed by atoms with Gasteiger partial charge in [-0.05, 0) is 49.2 Å². The van der Waals surface area contributed by atoms with Crippen LogP contribution in [0.25, 0.3) is 0 Å². The molecule has 3 aromatic rings. The third kappa shape index (κ3) is 7.95. The molecule has 3 aromatic carbocycles. The van der Waals surface area contributed by atoms with Crippen LogP contribution in [0.5, 0.6) is 0 Å². The lowest BCUT2D eigenvalue weighted by atomic mass is 10.0. The minimum absolute atomic E-state index is 0.0300. The molecule has 0 spiro atoms. The molecule has 0 saturated heterocycles. The fraction of sp³-hybridized carbons (Fsp3) is 0.259. The SMILES string of the molecule is CC(C)NC(=O)C(Cc1ccccc1)N(Cc1cccc(Cl)c1)C(=O)CSc1ccccc1. The van der Waals surface area contributed by atoms with E-state index in [9.17, 15) is 9.59 Å². The quantitative estimate of drug-likeness (QED) is 0.384. The number of halogens is 1. The van der Waals surface area contributed by atoms with Crippen molar-refractivity contribution in [1.82, 2.24) is 10.2 Å². The Morgan fingerprint density at radius 1 is 0.909 bits per heavy atom. The van der Waals surface area contributed by atoms with Crippen LogP contribution in [0.4, 0.5) is 0 Å². The van der Waals surface area contributed by atoms with Gasteiger partial charge in [0.25, 0.3) is 0 Å². The van der Waals surface area contributed by atoms with E-state index in [1.807, 2.05) is 92.7 Å². The number of hydrogen-bond donors (Lipinski definition) is 1. The summed E-state index contributed by atoms with van der Waals surface area (Å²) < 4.78 is 0. The van der Waals surface area contributed by atoms with Crippen molar-refractivity contribution >= 4 is 35.2 Å². The average Bonchev–Trinajstić information content (AvgIpc) is 2.80. The molecule has 172 valence electrons. The first-order valence-electron chi connectivity index (χ1n) is 11.0. The summed E-state index contributed by atoms with van der Waals surface area (Å²) in [7, 11) is 0. The number of nitrogens with one attached hydrogen (secondary N) is 1. The molecule has 3 rings (SSSR count). The van der Waals surface area contributed by atoms with Crippen LogP contribution >= 0.6 is 23.4 Å². The molecule has 4 nitrogen and oxygen atoms in total. The summed E-state index contributed by atoms with van der Waals surface area (Å²) >= 11 is 7.67. The number of hydrogen-bond acceptors (Lipinski definition) is 3. The summed E-state index contributed by atoms with van der Waals surface area (Å²) in [5.41, 5.74) is 1.89. The van der Waals surface area contributed by atoms with E-state index in [4.69, 9.17) is 11.6 Å². The van der Waals surface area contributed by atoms with E-state index in [0.29, 0.717) is 18.0 Å². The molecule has 0 heterocycles. The topological polar surface area (TPSA) is 49.4 Å². The van der Waals surface area contributed by atoms with E-state index in [1.54, 1.807) is 11.0 Å². The fourth-order valence-corrected chi connectivity index (χ4v) is 4.53. The van der Waals surface area contributed by atoms with Gasteiger partial charge >= 0.3 is 0 Å². The van der Waals surface area contributed by atoms with Gasteiger partial charge in [-0.1, -0.05) is 72.3 Å². The van der Waals surface area contributed by atoms with E-state index < -0.39 is 6.04 Å². The number of rotatable bonds is 10. The molecule has 1 atom stereocenters. The molecule has 33 heavy (non-hydrogen) atoms. The third-order valence-electron chi connectivity index (χ3n) is 5.05. The van der Waals surface area contributed by atoms with Gasteiger partial charge in [0.15, 0.2) is 0 Å². The van der Waals surface area contributed by atoms with Crippen LogP contribution < -0.4 is 5.32 Å². The monoisotopic (exact) mass is 480 g/mol. The number of amides is 2. The molecular formula is C27H29ClN2O2S. The molecular weight excluding hydrogens is 452 g/mol. The summed E-state index contributed by atoms with van der Waals surface area (Å²) in [6.45, 7) is 4.15. The van der Waals surface area contributed by atoms with Crippen molar-refractivity contribution in [3.63, 3.8) is 0 Å². The molecule has 0 radical (unpaired) electrons. The number of benzene rings is 3. The first kappa shape index (κ1) is 24.9. The third-order valence-corrected chi connectivity index (χ3v) is 6.28. The van der Waals surface area contributed by atoms with E-state index >= 15 is 0 Å². The molecule has 0 bridgehead atoms. The Balaban J connectivity index is 1.90. The van der Waals surface area contributed by atoms with Crippen LogP contribution in [-0.2, 0) is 22.6 Å². The van der Waals surface area contributed by atoms with Gasteiger partial charge in [0.05, 0.1) is 5.75 Å². The largest absolute Gasteiger partial charge is 0.352 e. The Morgan fingerprint density at radius 2 is 1.55 bits per heavy atom. The minimum Gasteiger partial charge on any atom is -0.352 e. The second-order valence-electron chi connectivity index (χ2n) is 8.12. The maximum atomic E-state index is 13.5. The van der Waals surface area contributed by atoms with Crippen LogP contribution in [0.15, 0.2) is 89.8 Å². The molecule has 0 fully saturated rings. The van der Waals surface area contributed by atoms with Crippen molar-refractivity contribution < 1.29 is 9.59 Å². The van der Waals surface area contributed by atoms with Crippen molar-refractivity contribution in [3.05, 3.63) is 101 Å². The van der Waals surface area contributed by atoms with E-state index in [2.05, 4.69) is 5.32 Å². The molecule has 0 aromatic heterocycles. The van der Waals surface area contributed by atoms with E-state index in [-0.39, 0.29) is 23.6 Å². The zero-order chi connectivity index (χ0) is 23.6. The highest BCUT2D eigenvalue weighted by molar-refractivity contribution is 8.00. The zero-order valence-corrected chi connectivity index (χ0v) is 20.5. The maximum absolute atomic E-state index is 13.5. The molecule has 6 heteroatoms. The summed E-state index contributed by atoms with van der Waals surface area (Å²) in [5, 5.41) is 3.61. The predicted octanol–water partition coefficient (Wildman–Crippen LogP) is 5.60. The molecule has 1 N–H and O–H groups in total. The lowest BCUT2D eigenvalue weighted by molar-refractivity contribution is -0.139. The van der Waals surface area contributed by atoms with Gasteiger partial charge in [-0.3, -0.25) is 9.59 Å². The summed E-state index contributed by atoms with van der Waals surface area (Å²) in [6.07, 6.45) is 0.432. The van der Waals surface area contributed by atoms with Gasteiger partial charge in [-0.2, -0.15) is 0 Å². The van der Waals surface area contributed by atoms with Crippen molar-refractivity contribution in [2.75, 3.05) is 5.75 Å². The molecule has 1 unspecified atom stereocenters. The first-order valence-corrected chi connectivity index (χ1v) is 12.3. The van der Waals surface area contributed by atoms with Crippen LogP contribution in [0.1, 0.15) is 25.0 Å². The van der Waals surface area contributed by atoms with Crippen LogP contribution in [-0.4, -0.2) is 34.6 Å². The maximum Gasteiger partial charge on any atom is 0.243 e. The molecule has 0 saturated carbocycles. The van der Waals surface area contributed by atoms with Gasteiger partial charge in [0.1, 0.15) is 6.04 Å². The Bertz CT molecular complexity index is 1040. The molecule has 0 aliphatic rings. The van der Waals surface area contributed by atoms with Crippen molar-refractivity contribution in [1.29, 1.82) is 0 Å². The average molecular weight is 481 g/mol. The minimum atomic E-state index is -0.641. The van der Waals surface area contributed by atoms with Crippen LogP contribution in [0.3, 0.4) is 0 Å². The highest BCUT2D eigenvalue weighted by atomic mass is 35.5. The molecule has 0 aliphatic heterocycles. The lowest BCUT2D eigenvalue weighted by Gasteiger charge is -2.32. The first-order chi connectivity index (χ1) is 15.9. The standard InChI is InChI=1S/C27H29ClN2O2S/c1-20(2)29-27(32)25(17-21-10-5-3-6-11-21)30(18-22-12-9-13-23(28)16-22)26(31)19-33-24-14-7-4-8-15-24/h3-16,20,25H,17-19H2,1-2H3,(H,29,32). The number of carbonyl (C=O) groups is 2. The van der Waals surface area contributed by atoms with E-state index in [1.165, 1.54) is 11.8 Å². The van der Waals surface area contributed by atoms with Crippen molar-refractivity contribution in [3.8, 4) is 0 Å². The Hall–Kier alpha value is -2.76. The summed E-state index contributed by atoms with van der Waals surface area (Å²) in [6, 6.07) is 26.4. The molecule has 2 amide bonds. The predicted molar refractivity (Wildman–Crippen MR) is 136 cm³/mol. The Morgan fingerprint density at radius 3 is 2.18 bits per heavy atom. The van der Waals surface area contributed by atoms with Crippen molar-refractivity contribution in [2.45, 2.75) is 43.8 Å².